The first kappa shape index (κ1) is 21.7. The lowest BCUT2D eigenvalue weighted by Gasteiger charge is -2.24. The van der Waals surface area contributed by atoms with E-state index in [4.69, 9.17) is 0 Å². The summed E-state index contributed by atoms with van der Waals surface area (Å²) in [6.07, 6.45) is -1.17. The molecule has 0 unspecified atom stereocenters. The van der Waals surface area contributed by atoms with Gasteiger partial charge in [-0.2, -0.15) is 13.2 Å². The molecule has 1 aromatic carbocycles. The fourth-order valence-corrected chi connectivity index (χ4v) is 5.26. The van der Waals surface area contributed by atoms with E-state index in [9.17, 15) is 17.4 Å². The van der Waals surface area contributed by atoms with Gasteiger partial charge in [0.15, 0.2) is 0 Å². The number of nitrogens with one attached hydrogen (secondary N) is 1. The monoisotopic (exact) mass is 450 g/mol. The molecule has 5 nitrogen and oxygen atoms in total. The standard InChI is InChI=1S/C22H25F3N4OS/c1-28(2)21-7-6-15(13-26-21)20-12-17-18(27-16-8-10-31(30)11-9-16)4-3-5-19(17)29(20)14-22(23,24)25/h3-7,12-13,16,27H,8-11,14H2,1-2H3. The van der Waals surface area contributed by atoms with Crippen LogP contribution in [-0.2, 0) is 17.3 Å². The van der Waals surface area contributed by atoms with Gasteiger partial charge < -0.3 is 14.8 Å². The highest BCUT2D eigenvalue weighted by Gasteiger charge is 2.30. The first-order valence-corrected chi connectivity index (χ1v) is 11.6. The van der Waals surface area contributed by atoms with Crippen molar-refractivity contribution in [3.63, 3.8) is 0 Å². The molecule has 0 atom stereocenters. The Kier molecular flexibility index (Phi) is 5.96. The molecular formula is C22H25F3N4OS. The van der Waals surface area contributed by atoms with E-state index in [0.29, 0.717) is 28.3 Å². The molecule has 0 amide bonds. The Labute approximate surface area is 181 Å². The Morgan fingerprint density at radius 1 is 1.19 bits per heavy atom. The lowest BCUT2D eigenvalue weighted by Crippen LogP contribution is -2.29. The van der Waals surface area contributed by atoms with Crippen molar-refractivity contribution in [2.45, 2.75) is 31.6 Å². The molecule has 166 valence electrons. The largest absolute Gasteiger partial charge is 0.406 e. The van der Waals surface area contributed by atoms with E-state index >= 15 is 0 Å². The van der Waals surface area contributed by atoms with E-state index in [1.54, 1.807) is 36.5 Å². The number of rotatable bonds is 5. The highest BCUT2D eigenvalue weighted by atomic mass is 32.2. The molecule has 1 fully saturated rings. The number of halogens is 3. The molecular weight excluding hydrogens is 425 g/mol. The van der Waals surface area contributed by atoms with E-state index in [2.05, 4.69) is 10.3 Å². The van der Waals surface area contributed by atoms with Crippen molar-refractivity contribution >= 4 is 33.2 Å². The molecule has 0 saturated carbocycles. The van der Waals surface area contributed by atoms with Crippen LogP contribution < -0.4 is 10.2 Å². The summed E-state index contributed by atoms with van der Waals surface area (Å²) in [5.41, 5.74) is 2.43. The number of hydrogen-bond acceptors (Lipinski definition) is 4. The second kappa shape index (κ2) is 8.53. The van der Waals surface area contributed by atoms with E-state index in [1.807, 2.05) is 25.1 Å². The molecule has 0 aliphatic carbocycles. The van der Waals surface area contributed by atoms with Crippen LogP contribution in [0, 0.1) is 0 Å². The van der Waals surface area contributed by atoms with Gasteiger partial charge >= 0.3 is 6.18 Å². The lowest BCUT2D eigenvalue weighted by atomic mass is 10.1. The van der Waals surface area contributed by atoms with E-state index in [1.165, 1.54) is 4.57 Å². The summed E-state index contributed by atoms with van der Waals surface area (Å²) in [5.74, 6) is 2.04. The SMILES string of the molecule is CN(C)c1ccc(-c2cc3c(NC4CCS(=O)CC4)cccc3n2CC(F)(F)F)cn1. The molecule has 0 radical (unpaired) electrons. The van der Waals surface area contributed by atoms with Gasteiger partial charge in [0.2, 0.25) is 0 Å². The van der Waals surface area contributed by atoms with Crippen molar-refractivity contribution in [1.29, 1.82) is 0 Å². The number of alkyl halides is 3. The maximum atomic E-state index is 13.4. The van der Waals surface area contributed by atoms with Crippen molar-refractivity contribution < 1.29 is 17.4 Å². The first-order valence-electron chi connectivity index (χ1n) is 10.2. The predicted octanol–water partition coefficient (Wildman–Crippen LogP) is 4.65. The van der Waals surface area contributed by atoms with Gasteiger partial charge in [-0.25, -0.2) is 4.98 Å². The van der Waals surface area contributed by atoms with Gasteiger partial charge in [-0.15, -0.1) is 0 Å². The van der Waals surface area contributed by atoms with Gasteiger partial charge in [-0.3, -0.25) is 4.21 Å². The van der Waals surface area contributed by atoms with Gasteiger partial charge in [0, 0.05) is 65.3 Å². The van der Waals surface area contributed by atoms with Crippen LogP contribution in [0.15, 0.2) is 42.6 Å². The highest BCUT2D eigenvalue weighted by molar-refractivity contribution is 7.85. The molecule has 9 heteroatoms. The number of benzene rings is 1. The van der Waals surface area contributed by atoms with E-state index < -0.39 is 23.5 Å². The van der Waals surface area contributed by atoms with E-state index in [0.717, 1.165) is 29.7 Å². The van der Waals surface area contributed by atoms with E-state index in [-0.39, 0.29) is 6.04 Å². The number of pyridine rings is 1. The fraction of sp³-hybridized carbons (Fsp3) is 0.409. The van der Waals surface area contributed by atoms with Gasteiger partial charge in [0.25, 0.3) is 0 Å². The molecule has 1 N–H and O–H groups in total. The summed E-state index contributed by atoms with van der Waals surface area (Å²) in [4.78, 5) is 6.21. The van der Waals surface area contributed by atoms with Crippen LogP contribution in [0.2, 0.25) is 0 Å². The zero-order valence-electron chi connectivity index (χ0n) is 17.4. The minimum Gasteiger partial charge on any atom is -0.382 e. The van der Waals surface area contributed by atoms with Crippen molar-refractivity contribution in [2.24, 2.45) is 0 Å². The smallest absolute Gasteiger partial charge is 0.382 e. The highest BCUT2D eigenvalue weighted by Crippen LogP contribution is 2.35. The Morgan fingerprint density at radius 2 is 1.94 bits per heavy atom. The lowest BCUT2D eigenvalue weighted by molar-refractivity contribution is -0.139. The zero-order valence-corrected chi connectivity index (χ0v) is 18.3. The Balaban J connectivity index is 1.77. The third-order valence-electron chi connectivity index (χ3n) is 5.53. The summed E-state index contributed by atoms with van der Waals surface area (Å²) < 4.78 is 53.3. The molecule has 1 aliphatic heterocycles. The Hall–Kier alpha value is -2.55. The second-order valence-electron chi connectivity index (χ2n) is 8.04. The maximum absolute atomic E-state index is 13.4. The predicted molar refractivity (Wildman–Crippen MR) is 120 cm³/mol. The molecule has 3 heterocycles. The van der Waals surface area contributed by atoms with Crippen LogP contribution in [0.3, 0.4) is 0 Å². The number of fused-ring (bicyclic) bond motifs is 1. The quantitative estimate of drug-likeness (QED) is 0.615. The summed E-state index contributed by atoms with van der Waals surface area (Å²) >= 11 is 0. The third-order valence-corrected chi connectivity index (χ3v) is 6.91. The van der Waals surface area contributed by atoms with Crippen LogP contribution in [0.4, 0.5) is 24.7 Å². The van der Waals surface area contributed by atoms with Crippen LogP contribution in [0.25, 0.3) is 22.2 Å². The Bertz CT molecular complexity index is 1080. The van der Waals surface area contributed by atoms with Crippen molar-refractivity contribution in [1.82, 2.24) is 9.55 Å². The molecule has 3 aromatic rings. The van der Waals surface area contributed by atoms with Crippen LogP contribution >= 0.6 is 0 Å². The maximum Gasteiger partial charge on any atom is 0.406 e. The zero-order chi connectivity index (χ0) is 22.2. The van der Waals surface area contributed by atoms with Crippen molar-refractivity contribution in [2.75, 3.05) is 35.8 Å². The van der Waals surface area contributed by atoms with Crippen molar-refractivity contribution in [3.8, 4) is 11.3 Å². The van der Waals surface area contributed by atoms with Gasteiger partial charge in [-0.1, -0.05) is 6.07 Å². The summed E-state index contributed by atoms with van der Waals surface area (Å²) in [7, 11) is 2.96. The first-order chi connectivity index (χ1) is 14.7. The average Bonchev–Trinajstić information content (AvgIpc) is 3.08. The number of hydrogen-bond donors (Lipinski definition) is 1. The van der Waals surface area contributed by atoms with Gasteiger partial charge in [0.05, 0.1) is 11.2 Å². The topological polar surface area (TPSA) is 50.2 Å². The average molecular weight is 451 g/mol. The minimum atomic E-state index is -4.35. The second-order valence-corrected chi connectivity index (χ2v) is 9.73. The molecule has 2 aromatic heterocycles. The Morgan fingerprint density at radius 3 is 2.55 bits per heavy atom. The van der Waals surface area contributed by atoms with Crippen LogP contribution in [-0.4, -0.2) is 51.6 Å². The van der Waals surface area contributed by atoms with Gasteiger partial charge in [-0.05, 0) is 43.2 Å². The molecule has 1 aliphatic rings. The number of anilines is 2. The minimum absolute atomic E-state index is 0.166. The fourth-order valence-electron chi connectivity index (χ4n) is 3.96. The van der Waals surface area contributed by atoms with Crippen molar-refractivity contribution in [3.05, 3.63) is 42.6 Å². The van der Waals surface area contributed by atoms with Gasteiger partial charge in [0.1, 0.15) is 12.4 Å². The molecule has 4 rings (SSSR count). The summed E-state index contributed by atoms with van der Waals surface area (Å²) in [5, 5.41) is 4.21. The molecule has 0 bridgehead atoms. The molecule has 31 heavy (non-hydrogen) atoms. The molecule has 1 saturated heterocycles. The molecule has 0 spiro atoms. The summed E-state index contributed by atoms with van der Waals surface area (Å²) in [6.45, 7) is -1.08. The summed E-state index contributed by atoms with van der Waals surface area (Å²) in [6, 6.07) is 10.9. The number of aromatic nitrogens is 2. The third kappa shape index (κ3) is 4.87. The van der Waals surface area contributed by atoms with Crippen LogP contribution in [0.1, 0.15) is 12.8 Å². The normalized spacial score (nSPS) is 19.5. The van der Waals surface area contributed by atoms with Crippen LogP contribution in [0.5, 0.6) is 0 Å². The number of nitrogens with zero attached hydrogens (tertiary/aromatic N) is 3.